The fourth-order valence-electron chi connectivity index (χ4n) is 2.01. The number of aromatic nitrogens is 1. The second kappa shape index (κ2) is 4.64. The van der Waals surface area contributed by atoms with Crippen molar-refractivity contribution < 1.29 is 0 Å². The summed E-state index contributed by atoms with van der Waals surface area (Å²) >= 11 is 0. The van der Waals surface area contributed by atoms with Crippen molar-refractivity contribution in [3.05, 3.63) is 35.7 Å². The predicted molar refractivity (Wildman–Crippen MR) is 76.0 cm³/mol. The van der Waals surface area contributed by atoms with Gasteiger partial charge >= 0.3 is 0 Å². The van der Waals surface area contributed by atoms with Crippen LogP contribution in [0.5, 0.6) is 0 Å². The molecule has 0 aromatic carbocycles. The van der Waals surface area contributed by atoms with Crippen molar-refractivity contribution in [3.8, 4) is 0 Å². The fraction of sp³-hybridized carbons (Fsp3) is 0.562. The van der Waals surface area contributed by atoms with Gasteiger partial charge in [0.15, 0.2) is 0 Å². The molecule has 0 amide bonds. The van der Waals surface area contributed by atoms with Gasteiger partial charge in [0.25, 0.3) is 0 Å². The largest absolute Gasteiger partial charge is 0.257 e. The zero-order chi connectivity index (χ0) is 13.3. The van der Waals surface area contributed by atoms with E-state index in [1.54, 1.807) is 0 Å². The van der Waals surface area contributed by atoms with Gasteiger partial charge in [-0.1, -0.05) is 47.6 Å². The summed E-state index contributed by atoms with van der Waals surface area (Å²) in [7, 11) is 0. The Morgan fingerprint density at radius 3 is 2.12 bits per heavy atom. The van der Waals surface area contributed by atoms with E-state index in [0.29, 0.717) is 0 Å². The van der Waals surface area contributed by atoms with Crippen LogP contribution in [-0.4, -0.2) is 4.98 Å². The summed E-state index contributed by atoms with van der Waals surface area (Å²) in [6.45, 7) is 15.5. The van der Waals surface area contributed by atoms with Crippen molar-refractivity contribution in [2.45, 2.75) is 53.9 Å². The Morgan fingerprint density at radius 2 is 1.71 bits per heavy atom. The summed E-state index contributed by atoms with van der Waals surface area (Å²) in [5.74, 6) is 0. The lowest BCUT2D eigenvalue weighted by molar-refractivity contribution is 0.561. The quantitative estimate of drug-likeness (QED) is 0.674. The zero-order valence-electron chi connectivity index (χ0n) is 12.3. The maximum Gasteiger partial charge on any atom is 0.0666 e. The molecular formula is C16H25N. The van der Waals surface area contributed by atoms with Crippen molar-refractivity contribution >= 4 is 5.57 Å². The van der Waals surface area contributed by atoms with Gasteiger partial charge in [0.05, 0.1) is 5.69 Å². The zero-order valence-corrected chi connectivity index (χ0v) is 12.3. The molecule has 1 heterocycles. The molecule has 1 rings (SSSR count). The van der Waals surface area contributed by atoms with Crippen LogP contribution in [0.1, 0.15) is 59.7 Å². The minimum atomic E-state index is 0.137. The van der Waals surface area contributed by atoms with Crippen LogP contribution >= 0.6 is 0 Å². The second-order valence-electron chi connectivity index (χ2n) is 6.63. The van der Waals surface area contributed by atoms with Crippen LogP contribution in [0.25, 0.3) is 5.57 Å². The minimum Gasteiger partial charge on any atom is -0.257 e. The molecule has 0 fully saturated rings. The molecule has 0 aliphatic carbocycles. The maximum absolute atomic E-state index is 4.52. The highest BCUT2D eigenvalue weighted by atomic mass is 14.7. The Balaban J connectivity index is 3.25. The highest BCUT2D eigenvalue weighted by Gasteiger charge is 2.21. The lowest BCUT2D eigenvalue weighted by atomic mass is 9.81. The molecular weight excluding hydrogens is 206 g/mol. The maximum atomic E-state index is 4.52. The molecule has 1 nitrogen and oxygen atoms in total. The average Bonchev–Trinajstić information content (AvgIpc) is 2.15. The summed E-state index contributed by atoms with van der Waals surface area (Å²) in [4.78, 5) is 4.52. The third-order valence-corrected chi connectivity index (χ3v) is 3.00. The number of rotatable bonds is 1. The summed E-state index contributed by atoms with van der Waals surface area (Å²) in [6, 6.07) is 4.33. The molecule has 0 spiro atoms. The van der Waals surface area contributed by atoms with Gasteiger partial charge in [-0.25, -0.2) is 0 Å². The summed E-state index contributed by atoms with van der Waals surface area (Å²) in [6.07, 6.45) is 4.10. The van der Waals surface area contributed by atoms with E-state index in [9.17, 15) is 0 Å². The molecule has 0 aliphatic rings. The van der Waals surface area contributed by atoms with Crippen molar-refractivity contribution in [2.24, 2.45) is 5.41 Å². The highest BCUT2D eigenvalue weighted by Crippen LogP contribution is 2.34. The SMILES string of the molecule is C/C=C(/c1cc(C(C)(C)C)ccn1)C(C)(C)C. The van der Waals surface area contributed by atoms with E-state index < -0.39 is 0 Å². The van der Waals surface area contributed by atoms with Crippen LogP contribution < -0.4 is 0 Å². The number of pyridine rings is 1. The van der Waals surface area contributed by atoms with Crippen LogP contribution in [0.3, 0.4) is 0 Å². The topological polar surface area (TPSA) is 12.9 Å². The van der Waals surface area contributed by atoms with Gasteiger partial charge in [0, 0.05) is 6.20 Å². The monoisotopic (exact) mass is 231 g/mol. The van der Waals surface area contributed by atoms with Gasteiger partial charge in [-0.15, -0.1) is 0 Å². The first-order valence-corrected chi connectivity index (χ1v) is 6.30. The van der Waals surface area contributed by atoms with Crippen LogP contribution in [0.2, 0.25) is 0 Å². The van der Waals surface area contributed by atoms with Crippen molar-refractivity contribution in [2.75, 3.05) is 0 Å². The normalized spacial score (nSPS) is 13.9. The van der Waals surface area contributed by atoms with Gasteiger partial charge in [-0.2, -0.15) is 0 Å². The Labute approximate surface area is 106 Å². The van der Waals surface area contributed by atoms with E-state index in [0.717, 1.165) is 5.69 Å². The number of hydrogen-bond acceptors (Lipinski definition) is 1. The molecule has 0 aliphatic heterocycles. The van der Waals surface area contributed by atoms with Gasteiger partial charge in [0.1, 0.15) is 0 Å². The third kappa shape index (κ3) is 3.42. The van der Waals surface area contributed by atoms with Gasteiger partial charge in [-0.3, -0.25) is 4.98 Å². The van der Waals surface area contributed by atoms with E-state index in [4.69, 9.17) is 0 Å². The lowest BCUT2D eigenvalue weighted by Crippen LogP contribution is -2.14. The Kier molecular flexibility index (Phi) is 3.81. The molecule has 0 unspecified atom stereocenters. The minimum absolute atomic E-state index is 0.137. The van der Waals surface area contributed by atoms with Crippen LogP contribution in [0.15, 0.2) is 24.4 Å². The molecule has 94 valence electrons. The summed E-state index contributed by atoms with van der Waals surface area (Å²) < 4.78 is 0. The molecule has 17 heavy (non-hydrogen) atoms. The van der Waals surface area contributed by atoms with Crippen molar-refractivity contribution in [3.63, 3.8) is 0 Å². The van der Waals surface area contributed by atoms with E-state index in [1.165, 1.54) is 11.1 Å². The predicted octanol–water partition coefficient (Wildman–Crippen LogP) is 4.83. The van der Waals surface area contributed by atoms with E-state index in [2.05, 4.69) is 71.7 Å². The van der Waals surface area contributed by atoms with Gasteiger partial charge in [-0.05, 0) is 41.0 Å². The number of allylic oxidation sites excluding steroid dienone is 2. The van der Waals surface area contributed by atoms with Crippen LogP contribution in [-0.2, 0) is 5.41 Å². The first-order valence-electron chi connectivity index (χ1n) is 6.30. The van der Waals surface area contributed by atoms with Crippen molar-refractivity contribution in [1.29, 1.82) is 0 Å². The molecule has 0 saturated heterocycles. The Hall–Kier alpha value is -1.11. The molecule has 0 radical (unpaired) electrons. The summed E-state index contributed by atoms with van der Waals surface area (Å²) in [5, 5.41) is 0. The second-order valence-corrected chi connectivity index (χ2v) is 6.63. The molecule has 0 N–H and O–H groups in total. The van der Waals surface area contributed by atoms with E-state index in [1.807, 2.05) is 6.20 Å². The molecule has 0 bridgehead atoms. The van der Waals surface area contributed by atoms with Crippen LogP contribution in [0.4, 0.5) is 0 Å². The molecule has 0 atom stereocenters. The summed E-state index contributed by atoms with van der Waals surface area (Å²) in [5.41, 5.74) is 4.06. The van der Waals surface area contributed by atoms with Crippen LogP contribution in [0, 0.1) is 5.41 Å². The first kappa shape index (κ1) is 14.0. The molecule has 1 heteroatoms. The van der Waals surface area contributed by atoms with Gasteiger partial charge < -0.3 is 0 Å². The fourth-order valence-corrected chi connectivity index (χ4v) is 2.01. The number of hydrogen-bond donors (Lipinski definition) is 0. The van der Waals surface area contributed by atoms with Gasteiger partial charge in [0.2, 0.25) is 0 Å². The molecule has 0 saturated carbocycles. The average molecular weight is 231 g/mol. The van der Waals surface area contributed by atoms with E-state index in [-0.39, 0.29) is 10.8 Å². The third-order valence-electron chi connectivity index (χ3n) is 3.00. The Morgan fingerprint density at radius 1 is 1.12 bits per heavy atom. The standard InChI is InChI=1S/C16H25N/c1-8-13(16(5,6)7)14-11-12(9-10-17-14)15(2,3)4/h8-11H,1-7H3/b13-8-. The van der Waals surface area contributed by atoms with Crippen molar-refractivity contribution in [1.82, 2.24) is 4.98 Å². The molecule has 1 aromatic rings. The lowest BCUT2D eigenvalue weighted by Gasteiger charge is -2.25. The first-order chi connectivity index (χ1) is 7.66. The smallest absolute Gasteiger partial charge is 0.0666 e. The van der Waals surface area contributed by atoms with E-state index >= 15 is 0 Å². The number of nitrogens with zero attached hydrogens (tertiary/aromatic N) is 1. The highest BCUT2D eigenvalue weighted by molar-refractivity contribution is 5.67. The molecule has 1 aromatic heterocycles. The Bertz CT molecular complexity index is 414.